The van der Waals surface area contributed by atoms with Gasteiger partial charge < -0.3 is 10.2 Å². The molecule has 1 fully saturated rings. The lowest BCUT2D eigenvalue weighted by molar-refractivity contribution is 0.243. The lowest BCUT2D eigenvalue weighted by Gasteiger charge is -2.25. The van der Waals surface area contributed by atoms with Crippen LogP contribution < -0.4 is 5.32 Å². The number of nitrogens with zero attached hydrogens (tertiary/aromatic N) is 2. The van der Waals surface area contributed by atoms with E-state index >= 15 is 0 Å². The highest BCUT2D eigenvalue weighted by Gasteiger charge is 2.19. The molecule has 0 bridgehead atoms. The summed E-state index contributed by atoms with van der Waals surface area (Å²) in [6.45, 7) is 4.05. The van der Waals surface area contributed by atoms with Gasteiger partial charge in [0.15, 0.2) is 0 Å². The second-order valence-electron chi connectivity index (χ2n) is 5.50. The molecule has 0 aromatic carbocycles. The SMILES string of the molecule is CC(NCCN(C)C1CCCC1)c1ccc(F)cn1. The first-order valence-electron chi connectivity index (χ1n) is 7.22. The summed E-state index contributed by atoms with van der Waals surface area (Å²) in [6, 6.07) is 4.14. The van der Waals surface area contributed by atoms with Crippen molar-refractivity contribution in [2.45, 2.75) is 44.7 Å². The fourth-order valence-corrected chi connectivity index (χ4v) is 2.73. The maximum absolute atomic E-state index is 12.8. The van der Waals surface area contributed by atoms with Gasteiger partial charge in [0.1, 0.15) is 5.82 Å². The maximum Gasteiger partial charge on any atom is 0.141 e. The van der Waals surface area contributed by atoms with Crippen LogP contribution in [0.1, 0.15) is 44.3 Å². The summed E-state index contributed by atoms with van der Waals surface area (Å²) in [5.41, 5.74) is 0.893. The summed E-state index contributed by atoms with van der Waals surface area (Å²) in [5.74, 6) is -0.281. The Labute approximate surface area is 115 Å². The summed E-state index contributed by atoms with van der Waals surface area (Å²) in [5, 5.41) is 3.45. The molecule has 1 heterocycles. The average Bonchev–Trinajstić information content (AvgIpc) is 2.93. The Morgan fingerprint density at radius 3 is 2.79 bits per heavy atom. The summed E-state index contributed by atoms with van der Waals surface area (Å²) in [6.07, 6.45) is 6.70. The van der Waals surface area contributed by atoms with Gasteiger partial charge in [-0.3, -0.25) is 4.98 Å². The van der Waals surface area contributed by atoms with Crippen LogP contribution in [-0.2, 0) is 0 Å². The van der Waals surface area contributed by atoms with Crippen LogP contribution in [0.25, 0.3) is 0 Å². The van der Waals surface area contributed by atoms with Crippen LogP contribution >= 0.6 is 0 Å². The quantitative estimate of drug-likeness (QED) is 0.857. The van der Waals surface area contributed by atoms with E-state index in [1.165, 1.54) is 37.9 Å². The second kappa shape index (κ2) is 6.96. The smallest absolute Gasteiger partial charge is 0.141 e. The third-order valence-corrected chi connectivity index (χ3v) is 4.06. The molecular formula is C15H24FN3. The van der Waals surface area contributed by atoms with Gasteiger partial charge in [0.2, 0.25) is 0 Å². The Kier molecular flexibility index (Phi) is 5.28. The summed E-state index contributed by atoms with van der Waals surface area (Å²) in [4.78, 5) is 6.55. The van der Waals surface area contributed by atoms with E-state index < -0.39 is 0 Å². The monoisotopic (exact) mass is 265 g/mol. The first-order valence-corrected chi connectivity index (χ1v) is 7.22. The van der Waals surface area contributed by atoms with Crippen LogP contribution in [-0.4, -0.2) is 36.1 Å². The normalized spacial score (nSPS) is 18.1. The minimum atomic E-state index is -0.281. The molecular weight excluding hydrogens is 241 g/mol. The molecule has 0 saturated heterocycles. The standard InChI is InChI=1S/C15H24FN3/c1-12(15-8-7-13(16)11-18-15)17-9-10-19(2)14-5-3-4-6-14/h7-8,11-12,14,17H,3-6,9-10H2,1-2H3. The number of pyridine rings is 1. The summed E-state index contributed by atoms with van der Waals surface area (Å²) >= 11 is 0. The number of nitrogens with one attached hydrogen (secondary N) is 1. The van der Waals surface area contributed by atoms with Crippen molar-refractivity contribution in [2.75, 3.05) is 20.1 Å². The average molecular weight is 265 g/mol. The molecule has 1 aliphatic rings. The van der Waals surface area contributed by atoms with E-state index in [1.807, 2.05) is 0 Å². The van der Waals surface area contributed by atoms with Crippen LogP contribution in [0.5, 0.6) is 0 Å². The summed E-state index contributed by atoms with van der Waals surface area (Å²) in [7, 11) is 2.21. The van der Waals surface area contributed by atoms with E-state index in [0.717, 1.165) is 24.8 Å². The van der Waals surface area contributed by atoms with Gasteiger partial charge in [-0.05, 0) is 38.9 Å². The number of halogens is 1. The molecule has 19 heavy (non-hydrogen) atoms. The third-order valence-electron chi connectivity index (χ3n) is 4.06. The topological polar surface area (TPSA) is 28.2 Å². The molecule has 106 valence electrons. The summed E-state index contributed by atoms with van der Waals surface area (Å²) < 4.78 is 12.8. The van der Waals surface area contributed by atoms with Crippen molar-refractivity contribution in [2.24, 2.45) is 0 Å². The molecule has 0 spiro atoms. The zero-order chi connectivity index (χ0) is 13.7. The van der Waals surface area contributed by atoms with Gasteiger partial charge in [-0.15, -0.1) is 0 Å². The van der Waals surface area contributed by atoms with Crippen molar-refractivity contribution in [3.05, 3.63) is 29.8 Å². The van der Waals surface area contributed by atoms with Crippen molar-refractivity contribution in [3.8, 4) is 0 Å². The Morgan fingerprint density at radius 2 is 2.16 bits per heavy atom. The minimum Gasteiger partial charge on any atom is -0.308 e. The number of hydrogen-bond donors (Lipinski definition) is 1. The molecule has 1 saturated carbocycles. The lowest BCUT2D eigenvalue weighted by atomic mass is 10.2. The van der Waals surface area contributed by atoms with Gasteiger partial charge in [-0.2, -0.15) is 0 Å². The van der Waals surface area contributed by atoms with E-state index in [0.29, 0.717) is 0 Å². The molecule has 1 N–H and O–H groups in total. The van der Waals surface area contributed by atoms with E-state index in [4.69, 9.17) is 0 Å². The van der Waals surface area contributed by atoms with E-state index in [-0.39, 0.29) is 11.9 Å². The van der Waals surface area contributed by atoms with Gasteiger partial charge in [-0.25, -0.2) is 4.39 Å². The van der Waals surface area contributed by atoms with E-state index in [2.05, 4.69) is 29.2 Å². The van der Waals surface area contributed by atoms with Crippen LogP contribution in [0.4, 0.5) is 4.39 Å². The third kappa shape index (κ3) is 4.25. The predicted octanol–water partition coefficient (Wildman–Crippen LogP) is 2.75. The molecule has 1 atom stereocenters. The minimum absolute atomic E-state index is 0.164. The van der Waals surface area contributed by atoms with E-state index in [9.17, 15) is 4.39 Å². The van der Waals surface area contributed by atoms with Crippen LogP contribution in [0.3, 0.4) is 0 Å². The Balaban J connectivity index is 1.71. The number of hydrogen-bond acceptors (Lipinski definition) is 3. The zero-order valence-electron chi connectivity index (χ0n) is 11.9. The number of likely N-dealkylation sites (N-methyl/N-ethyl adjacent to an activating group) is 1. The fraction of sp³-hybridized carbons (Fsp3) is 0.667. The Hall–Kier alpha value is -1.00. The number of rotatable bonds is 6. The van der Waals surface area contributed by atoms with Gasteiger partial charge in [0.25, 0.3) is 0 Å². The highest BCUT2D eigenvalue weighted by Crippen LogP contribution is 2.21. The molecule has 1 aliphatic carbocycles. The largest absolute Gasteiger partial charge is 0.308 e. The zero-order valence-corrected chi connectivity index (χ0v) is 11.9. The van der Waals surface area contributed by atoms with Crippen molar-refractivity contribution in [1.82, 2.24) is 15.2 Å². The van der Waals surface area contributed by atoms with Crippen molar-refractivity contribution >= 4 is 0 Å². The molecule has 2 rings (SSSR count). The van der Waals surface area contributed by atoms with E-state index in [1.54, 1.807) is 6.07 Å². The van der Waals surface area contributed by atoms with Crippen molar-refractivity contribution in [1.29, 1.82) is 0 Å². The Morgan fingerprint density at radius 1 is 1.42 bits per heavy atom. The highest BCUT2D eigenvalue weighted by molar-refractivity contribution is 5.08. The Bertz CT molecular complexity index is 373. The molecule has 1 aromatic heterocycles. The van der Waals surface area contributed by atoms with Crippen molar-refractivity contribution < 1.29 is 4.39 Å². The van der Waals surface area contributed by atoms with Gasteiger partial charge in [-0.1, -0.05) is 12.8 Å². The molecule has 1 unspecified atom stereocenters. The molecule has 0 amide bonds. The molecule has 4 heteroatoms. The van der Waals surface area contributed by atoms with Crippen LogP contribution in [0.2, 0.25) is 0 Å². The second-order valence-corrected chi connectivity index (χ2v) is 5.50. The predicted molar refractivity (Wildman–Crippen MR) is 75.5 cm³/mol. The number of aromatic nitrogens is 1. The molecule has 0 aliphatic heterocycles. The fourth-order valence-electron chi connectivity index (χ4n) is 2.73. The van der Waals surface area contributed by atoms with Gasteiger partial charge >= 0.3 is 0 Å². The molecule has 0 radical (unpaired) electrons. The van der Waals surface area contributed by atoms with Crippen LogP contribution in [0.15, 0.2) is 18.3 Å². The first-order chi connectivity index (χ1) is 9.16. The van der Waals surface area contributed by atoms with Crippen molar-refractivity contribution in [3.63, 3.8) is 0 Å². The van der Waals surface area contributed by atoms with Gasteiger partial charge in [0.05, 0.1) is 11.9 Å². The van der Waals surface area contributed by atoms with Crippen LogP contribution in [0, 0.1) is 5.82 Å². The highest BCUT2D eigenvalue weighted by atomic mass is 19.1. The maximum atomic E-state index is 12.8. The lowest BCUT2D eigenvalue weighted by Crippen LogP contribution is -2.36. The molecule has 1 aromatic rings. The van der Waals surface area contributed by atoms with Gasteiger partial charge in [0, 0.05) is 25.2 Å². The molecule has 3 nitrogen and oxygen atoms in total. The first kappa shape index (κ1) is 14.4.